The van der Waals surface area contributed by atoms with Crippen LogP contribution in [0.5, 0.6) is 0 Å². The second-order valence-corrected chi connectivity index (χ2v) is 7.34. The van der Waals surface area contributed by atoms with Crippen molar-refractivity contribution in [3.8, 4) is 11.5 Å². The Morgan fingerprint density at radius 1 is 1.32 bits per heavy atom. The van der Waals surface area contributed by atoms with E-state index >= 15 is 0 Å². The van der Waals surface area contributed by atoms with Gasteiger partial charge < -0.3 is 4.74 Å². The molecule has 0 unspecified atom stereocenters. The highest BCUT2D eigenvalue weighted by Gasteiger charge is 2.22. The van der Waals surface area contributed by atoms with Gasteiger partial charge in [0.2, 0.25) is 5.82 Å². The first-order valence-corrected chi connectivity index (χ1v) is 8.95. The van der Waals surface area contributed by atoms with E-state index in [9.17, 15) is 4.79 Å². The van der Waals surface area contributed by atoms with Gasteiger partial charge in [-0.15, -0.1) is 16.4 Å². The average Bonchev–Trinajstić information content (AvgIpc) is 3.21. The van der Waals surface area contributed by atoms with Crippen LogP contribution in [-0.4, -0.2) is 42.4 Å². The quantitative estimate of drug-likeness (QED) is 0.463. The van der Waals surface area contributed by atoms with Gasteiger partial charge in [0.05, 0.1) is 22.7 Å². The van der Waals surface area contributed by atoms with Gasteiger partial charge in [-0.3, -0.25) is 4.68 Å². The van der Waals surface area contributed by atoms with Crippen LogP contribution in [0.1, 0.15) is 20.9 Å². The predicted molar refractivity (Wildman–Crippen MR) is 96.9 cm³/mol. The molecule has 10 heteroatoms. The molecule has 0 aromatic carbocycles. The Morgan fingerprint density at radius 2 is 2.08 bits per heavy atom. The summed E-state index contributed by atoms with van der Waals surface area (Å²) < 4.78 is 9.06. The van der Waals surface area contributed by atoms with Crippen molar-refractivity contribution in [2.75, 3.05) is 7.11 Å². The third-order valence-corrected chi connectivity index (χ3v) is 6.13. The minimum Gasteiger partial charge on any atom is -0.465 e. The van der Waals surface area contributed by atoms with Crippen LogP contribution in [0.3, 0.4) is 0 Å². The Bertz CT molecular complexity index is 1160. The second-order valence-electron chi connectivity index (χ2n) is 5.55. The minimum absolute atomic E-state index is 0.372. The molecule has 4 aromatic heterocycles. The van der Waals surface area contributed by atoms with Gasteiger partial charge in [-0.1, -0.05) is 0 Å². The van der Waals surface area contributed by atoms with Gasteiger partial charge in [-0.2, -0.15) is 5.10 Å². The molecular weight excluding hydrogens is 408 g/mol. The molecule has 4 rings (SSSR count). The highest BCUT2D eigenvalue weighted by molar-refractivity contribution is 9.10. The molecule has 0 amide bonds. The van der Waals surface area contributed by atoms with E-state index in [1.165, 1.54) is 18.4 Å². The van der Waals surface area contributed by atoms with Crippen LogP contribution >= 0.6 is 27.3 Å². The topological polar surface area (TPSA) is 87.2 Å². The Balaban J connectivity index is 2.01. The second kappa shape index (κ2) is 5.60. The summed E-state index contributed by atoms with van der Waals surface area (Å²) in [4.78, 5) is 22.3. The molecule has 0 atom stereocenters. The Kier molecular flexibility index (Phi) is 3.62. The van der Waals surface area contributed by atoms with Crippen molar-refractivity contribution < 1.29 is 9.53 Å². The summed E-state index contributed by atoms with van der Waals surface area (Å²) in [6.07, 6.45) is 1.60. The summed E-state index contributed by atoms with van der Waals surface area (Å²) in [5.41, 5.74) is 3.09. The van der Waals surface area contributed by atoms with E-state index in [-0.39, 0.29) is 5.97 Å². The Hall–Kier alpha value is -2.33. The largest absolute Gasteiger partial charge is 0.465 e. The summed E-state index contributed by atoms with van der Waals surface area (Å²) in [5.74, 6) is 0.165. The van der Waals surface area contributed by atoms with Crippen molar-refractivity contribution in [1.29, 1.82) is 0 Å². The molecular formula is C15H13BrN6O2S. The number of nitrogens with zero attached hydrogens (tertiary/aromatic N) is 6. The van der Waals surface area contributed by atoms with E-state index in [0.29, 0.717) is 16.3 Å². The lowest BCUT2D eigenvalue weighted by Gasteiger charge is -1.96. The van der Waals surface area contributed by atoms with Crippen molar-refractivity contribution in [3.05, 3.63) is 26.9 Å². The third kappa shape index (κ3) is 2.28. The number of halogens is 1. The van der Waals surface area contributed by atoms with Crippen LogP contribution in [-0.2, 0) is 11.8 Å². The van der Waals surface area contributed by atoms with E-state index in [4.69, 9.17) is 4.74 Å². The fourth-order valence-electron chi connectivity index (χ4n) is 2.80. The molecule has 0 bridgehead atoms. The number of aromatic nitrogens is 6. The normalized spacial score (nSPS) is 11.6. The molecule has 0 fully saturated rings. The molecule has 0 aliphatic carbocycles. The maximum absolute atomic E-state index is 12.0. The molecule has 25 heavy (non-hydrogen) atoms. The van der Waals surface area contributed by atoms with Crippen molar-refractivity contribution >= 4 is 49.1 Å². The fraction of sp³-hybridized carbons (Fsp3) is 0.267. The zero-order valence-corrected chi connectivity index (χ0v) is 16.3. The first-order valence-electron chi connectivity index (χ1n) is 7.34. The molecule has 128 valence electrons. The number of hydrogen-bond acceptors (Lipinski definition) is 7. The van der Waals surface area contributed by atoms with Gasteiger partial charge in [-0.05, 0) is 35.3 Å². The molecule has 4 aromatic rings. The summed E-state index contributed by atoms with van der Waals surface area (Å²) in [5, 5.41) is 9.71. The number of ether oxygens (including phenoxy) is 1. The van der Waals surface area contributed by atoms with Crippen LogP contribution in [0, 0.1) is 13.8 Å². The number of rotatable bonds is 2. The summed E-state index contributed by atoms with van der Waals surface area (Å²) in [7, 11) is 3.21. The number of carbonyl (C=O) groups is 1. The van der Waals surface area contributed by atoms with E-state index in [1.807, 2.05) is 20.9 Å². The van der Waals surface area contributed by atoms with Crippen LogP contribution in [0.25, 0.3) is 27.4 Å². The molecule has 0 N–H and O–H groups in total. The molecule has 0 saturated heterocycles. The lowest BCUT2D eigenvalue weighted by Crippen LogP contribution is -1.99. The Labute approximate surface area is 154 Å². The Morgan fingerprint density at radius 3 is 2.72 bits per heavy atom. The van der Waals surface area contributed by atoms with Crippen LogP contribution in [0.4, 0.5) is 0 Å². The zero-order chi connectivity index (χ0) is 17.9. The van der Waals surface area contributed by atoms with Gasteiger partial charge in [0, 0.05) is 7.05 Å². The number of aryl methyl sites for hydroxylation is 3. The van der Waals surface area contributed by atoms with E-state index < -0.39 is 0 Å². The molecule has 0 aliphatic rings. The summed E-state index contributed by atoms with van der Waals surface area (Å²) in [6, 6.07) is 0. The van der Waals surface area contributed by atoms with E-state index in [1.54, 1.807) is 15.5 Å². The van der Waals surface area contributed by atoms with Gasteiger partial charge in [-0.25, -0.2) is 19.3 Å². The van der Waals surface area contributed by atoms with E-state index in [0.717, 1.165) is 31.6 Å². The lowest BCUT2D eigenvalue weighted by atomic mass is 10.2. The van der Waals surface area contributed by atoms with Gasteiger partial charge in [0.15, 0.2) is 5.65 Å². The van der Waals surface area contributed by atoms with Crippen LogP contribution in [0.15, 0.2) is 10.8 Å². The highest BCUT2D eigenvalue weighted by Crippen LogP contribution is 2.34. The predicted octanol–water partition coefficient (Wildman–Crippen LogP) is 2.91. The van der Waals surface area contributed by atoms with Crippen molar-refractivity contribution in [2.24, 2.45) is 7.05 Å². The zero-order valence-electron chi connectivity index (χ0n) is 13.9. The number of thiophene rings is 1. The summed E-state index contributed by atoms with van der Waals surface area (Å²) >= 11 is 4.84. The fourth-order valence-corrected chi connectivity index (χ4v) is 4.37. The van der Waals surface area contributed by atoms with Crippen LogP contribution in [0.2, 0.25) is 0 Å². The maximum atomic E-state index is 12.0. The number of hydrogen-bond donors (Lipinski definition) is 0. The average molecular weight is 421 g/mol. The smallest absolute Gasteiger partial charge is 0.348 e. The monoisotopic (exact) mass is 420 g/mol. The number of fused-ring (bicyclic) bond motifs is 3. The minimum atomic E-state index is -0.372. The first-order chi connectivity index (χ1) is 11.9. The molecule has 8 nitrogen and oxygen atoms in total. The maximum Gasteiger partial charge on any atom is 0.348 e. The number of esters is 1. The molecule has 4 heterocycles. The van der Waals surface area contributed by atoms with Gasteiger partial charge in [0.25, 0.3) is 0 Å². The van der Waals surface area contributed by atoms with Crippen molar-refractivity contribution in [1.82, 2.24) is 29.4 Å². The number of carbonyl (C=O) groups excluding carboxylic acids is 1. The number of methoxy groups -OCH3 is 1. The third-order valence-electron chi connectivity index (χ3n) is 4.00. The molecule has 0 aliphatic heterocycles. The standard InChI is InChI=1S/C15H13BrN6O2S/c1-6-8-13-18-12(10-9(16)7(2)19-21(10)3)20-22(13)5-17-14(8)25-11(6)15(23)24-4/h5H,1-4H3. The summed E-state index contributed by atoms with van der Waals surface area (Å²) in [6.45, 7) is 3.78. The van der Waals surface area contributed by atoms with E-state index in [2.05, 4.69) is 36.1 Å². The lowest BCUT2D eigenvalue weighted by molar-refractivity contribution is 0.0605. The molecule has 0 spiro atoms. The molecule has 0 saturated carbocycles. The van der Waals surface area contributed by atoms with Gasteiger partial charge in [0.1, 0.15) is 21.7 Å². The SMILES string of the molecule is COC(=O)c1sc2ncn3nc(-c4c(Br)c(C)nn4C)nc3c2c1C. The van der Waals surface area contributed by atoms with Crippen molar-refractivity contribution in [2.45, 2.75) is 13.8 Å². The van der Waals surface area contributed by atoms with Gasteiger partial charge >= 0.3 is 5.97 Å². The van der Waals surface area contributed by atoms with Crippen molar-refractivity contribution in [3.63, 3.8) is 0 Å². The van der Waals surface area contributed by atoms with Crippen LogP contribution < -0.4 is 0 Å². The molecule has 0 radical (unpaired) electrons. The highest BCUT2D eigenvalue weighted by atomic mass is 79.9. The first kappa shape index (κ1) is 16.2.